The van der Waals surface area contributed by atoms with Gasteiger partial charge >= 0.3 is 0 Å². The Hall–Kier alpha value is -1.61. The molecule has 0 unspecified atom stereocenters. The van der Waals surface area contributed by atoms with E-state index in [1.54, 1.807) is 20.0 Å². The van der Waals surface area contributed by atoms with Crippen LogP contribution in [0, 0.1) is 6.92 Å². The molecule has 0 bridgehead atoms. The number of aromatic nitrogens is 3. The third kappa shape index (κ3) is 2.71. The highest BCUT2D eigenvalue weighted by molar-refractivity contribution is 9.10. The van der Waals surface area contributed by atoms with Gasteiger partial charge in [0.05, 0.1) is 4.90 Å². The largest absolute Gasteiger partial charge is 0.398 e. The van der Waals surface area contributed by atoms with Crippen molar-refractivity contribution in [2.24, 2.45) is 7.05 Å². The zero-order valence-electron chi connectivity index (χ0n) is 10.3. The van der Waals surface area contributed by atoms with Crippen LogP contribution in [0.3, 0.4) is 0 Å². The van der Waals surface area contributed by atoms with Gasteiger partial charge in [-0.2, -0.15) is 10.1 Å². The monoisotopic (exact) mass is 345 g/mol. The van der Waals surface area contributed by atoms with Crippen LogP contribution in [0.25, 0.3) is 0 Å². The molecule has 9 heteroatoms. The summed E-state index contributed by atoms with van der Waals surface area (Å²) in [5.74, 6) is 0.137. The molecule has 0 saturated carbocycles. The number of hydrogen-bond acceptors (Lipinski definition) is 5. The van der Waals surface area contributed by atoms with Crippen molar-refractivity contribution in [3.05, 3.63) is 28.5 Å². The Bertz CT molecular complexity index is 726. The molecular formula is C10H12BrN5O2S. The van der Waals surface area contributed by atoms with E-state index in [4.69, 9.17) is 5.73 Å². The molecule has 0 fully saturated rings. The van der Waals surface area contributed by atoms with Crippen LogP contribution in [0.2, 0.25) is 0 Å². The van der Waals surface area contributed by atoms with E-state index in [2.05, 4.69) is 30.7 Å². The van der Waals surface area contributed by atoms with Crippen molar-refractivity contribution in [2.75, 3.05) is 10.5 Å². The number of hydrogen-bond donors (Lipinski definition) is 2. The number of nitrogens with one attached hydrogen (secondary N) is 1. The number of nitrogens with two attached hydrogens (primary N) is 1. The fourth-order valence-corrected chi connectivity index (χ4v) is 3.48. The van der Waals surface area contributed by atoms with E-state index in [-0.39, 0.29) is 10.8 Å². The molecule has 0 aliphatic heterocycles. The first kappa shape index (κ1) is 13.8. The topological polar surface area (TPSA) is 103 Å². The van der Waals surface area contributed by atoms with Crippen molar-refractivity contribution in [1.29, 1.82) is 0 Å². The highest BCUT2D eigenvalue weighted by Gasteiger charge is 2.21. The normalized spacial score (nSPS) is 11.5. The molecule has 1 heterocycles. The van der Waals surface area contributed by atoms with E-state index >= 15 is 0 Å². The summed E-state index contributed by atoms with van der Waals surface area (Å²) in [7, 11) is -2.17. The molecule has 1 aromatic heterocycles. The van der Waals surface area contributed by atoms with Gasteiger partial charge in [0.25, 0.3) is 10.0 Å². The highest BCUT2D eigenvalue weighted by atomic mass is 79.9. The smallest absolute Gasteiger partial charge is 0.264 e. The van der Waals surface area contributed by atoms with Gasteiger partial charge in [0.1, 0.15) is 6.33 Å². The number of sulfonamides is 1. The number of rotatable bonds is 3. The van der Waals surface area contributed by atoms with Crippen LogP contribution >= 0.6 is 15.9 Å². The number of nitrogen functional groups attached to an aromatic ring is 1. The SMILES string of the molecule is Cc1c(N)cc(Br)cc1S(=O)(=O)Nc1ncnn1C. The van der Waals surface area contributed by atoms with Crippen molar-refractivity contribution >= 4 is 37.6 Å². The lowest BCUT2D eigenvalue weighted by Gasteiger charge is -2.11. The van der Waals surface area contributed by atoms with Crippen LogP contribution in [0.5, 0.6) is 0 Å². The fourth-order valence-electron chi connectivity index (χ4n) is 1.52. The zero-order valence-corrected chi connectivity index (χ0v) is 12.7. The number of aryl methyl sites for hydroxylation is 1. The Morgan fingerprint density at radius 2 is 2.11 bits per heavy atom. The van der Waals surface area contributed by atoms with Crippen molar-refractivity contribution in [1.82, 2.24) is 14.8 Å². The molecule has 2 aromatic rings. The van der Waals surface area contributed by atoms with Gasteiger partial charge in [0.2, 0.25) is 5.95 Å². The molecule has 2 rings (SSSR count). The molecule has 0 radical (unpaired) electrons. The molecule has 102 valence electrons. The molecular weight excluding hydrogens is 334 g/mol. The maximum absolute atomic E-state index is 12.3. The summed E-state index contributed by atoms with van der Waals surface area (Å²) in [6.45, 7) is 1.65. The first-order chi connectivity index (χ1) is 8.81. The minimum Gasteiger partial charge on any atom is -0.398 e. The van der Waals surface area contributed by atoms with Gasteiger partial charge in [0.15, 0.2) is 0 Å². The Labute approximate surface area is 119 Å². The van der Waals surface area contributed by atoms with E-state index in [0.29, 0.717) is 15.7 Å². The Morgan fingerprint density at radius 1 is 1.42 bits per heavy atom. The summed E-state index contributed by atoms with van der Waals surface area (Å²) in [5.41, 5.74) is 6.65. The van der Waals surface area contributed by atoms with Crippen molar-refractivity contribution in [3.8, 4) is 0 Å². The van der Waals surface area contributed by atoms with Gasteiger partial charge in [-0.05, 0) is 24.6 Å². The minimum atomic E-state index is -3.76. The van der Waals surface area contributed by atoms with Gasteiger partial charge in [0, 0.05) is 17.2 Å². The van der Waals surface area contributed by atoms with Gasteiger partial charge in [-0.1, -0.05) is 15.9 Å². The molecule has 0 atom stereocenters. The summed E-state index contributed by atoms with van der Waals surface area (Å²) in [4.78, 5) is 3.92. The van der Waals surface area contributed by atoms with Crippen LogP contribution in [0.4, 0.5) is 11.6 Å². The Balaban J connectivity index is 2.49. The summed E-state index contributed by atoms with van der Waals surface area (Å²) in [5, 5.41) is 3.80. The third-order valence-electron chi connectivity index (χ3n) is 2.59. The Morgan fingerprint density at radius 3 is 2.68 bits per heavy atom. The molecule has 7 nitrogen and oxygen atoms in total. The lowest BCUT2D eigenvalue weighted by Crippen LogP contribution is -2.17. The molecule has 0 aliphatic carbocycles. The lowest BCUT2D eigenvalue weighted by molar-refractivity contribution is 0.599. The van der Waals surface area contributed by atoms with E-state index < -0.39 is 10.0 Å². The van der Waals surface area contributed by atoms with Gasteiger partial charge < -0.3 is 5.73 Å². The first-order valence-corrected chi connectivity index (χ1v) is 7.51. The Kier molecular flexibility index (Phi) is 3.50. The molecule has 19 heavy (non-hydrogen) atoms. The lowest BCUT2D eigenvalue weighted by atomic mass is 10.2. The molecule has 0 saturated heterocycles. The number of benzene rings is 1. The summed E-state index contributed by atoms with van der Waals surface area (Å²) >= 11 is 3.23. The third-order valence-corrected chi connectivity index (χ3v) is 4.50. The van der Waals surface area contributed by atoms with Gasteiger partial charge in [-0.3, -0.25) is 0 Å². The second kappa shape index (κ2) is 4.82. The van der Waals surface area contributed by atoms with Crippen LogP contribution in [-0.4, -0.2) is 23.2 Å². The summed E-state index contributed by atoms with van der Waals surface area (Å²) in [6.07, 6.45) is 1.26. The fraction of sp³-hybridized carbons (Fsp3) is 0.200. The van der Waals surface area contributed by atoms with Gasteiger partial charge in [-0.15, -0.1) is 0 Å². The van der Waals surface area contributed by atoms with Crippen LogP contribution in [0.15, 0.2) is 27.8 Å². The standard InChI is InChI=1S/C10H12BrN5O2S/c1-6-8(12)3-7(11)4-9(6)19(17,18)15-10-13-5-14-16(10)2/h3-5H,12H2,1-2H3,(H,13,14,15). The van der Waals surface area contributed by atoms with Gasteiger partial charge in [-0.25, -0.2) is 17.8 Å². The van der Waals surface area contributed by atoms with E-state index in [1.165, 1.54) is 17.1 Å². The van der Waals surface area contributed by atoms with E-state index in [0.717, 1.165) is 0 Å². The molecule has 3 N–H and O–H groups in total. The second-order valence-corrected chi connectivity index (χ2v) is 6.50. The quantitative estimate of drug-likeness (QED) is 0.815. The zero-order chi connectivity index (χ0) is 14.2. The first-order valence-electron chi connectivity index (χ1n) is 5.23. The maximum Gasteiger partial charge on any atom is 0.264 e. The van der Waals surface area contributed by atoms with Crippen LogP contribution < -0.4 is 10.5 Å². The average molecular weight is 346 g/mol. The summed E-state index contributed by atoms with van der Waals surface area (Å²) < 4.78 is 28.9. The van der Waals surface area contributed by atoms with Crippen molar-refractivity contribution in [2.45, 2.75) is 11.8 Å². The average Bonchev–Trinajstić information content (AvgIpc) is 2.69. The molecule has 1 aromatic carbocycles. The summed E-state index contributed by atoms with van der Waals surface area (Å²) in [6, 6.07) is 3.14. The molecule has 0 amide bonds. The van der Waals surface area contributed by atoms with Crippen LogP contribution in [0.1, 0.15) is 5.56 Å². The van der Waals surface area contributed by atoms with E-state index in [9.17, 15) is 8.42 Å². The van der Waals surface area contributed by atoms with E-state index in [1.807, 2.05) is 0 Å². The number of halogens is 1. The number of anilines is 2. The van der Waals surface area contributed by atoms with Crippen LogP contribution in [-0.2, 0) is 17.1 Å². The molecule has 0 aliphatic rings. The predicted octanol–water partition coefficient (Wildman–Crippen LogP) is 1.27. The number of nitrogens with zero attached hydrogens (tertiary/aromatic N) is 3. The van der Waals surface area contributed by atoms with Crippen molar-refractivity contribution in [3.63, 3.8) is 0 Å². The highest BCUT2D eigenvalue weighted by Crippen LogP contribution is 2.27. The predicted molar refractivity (Wildman–Crippen MR) is 75.1 cm³/mol. The van der Waals surface area contributed by atoms with Crippen molar-refractivity contribution < 1.29 is 8.42 Å². The maximum atomic E-state index is 12.3. The second-order valence-electron chi connectivity index (χ2n) is 3.93. The minimum absolute atomic E-state index is 0.0994. The molecule has 0 spiro atoms.